The molecular weight excluding hydrogens is 347 g/mol. The van der Waals surface area contributed by atoms with Gasteiger partial charge in [0.25, 0.3) is 11.8 Å². The summed E-state index contributed by atoms with van der Waals surface area (Å²) in [5.74, 6) is -1.71. The van der Waals surface area contributed by atoms with E-state index in [2.05, 4.69) is 15.4 Å². The number of halogens is 1. The molecule has 0 atom stereocenters. The quantitative estimate of drug-likeness (QED) is 0.608. The SMILES string of the molecule is COC(=O)c1ccc(C(=O)NCCNC(=O)c2ccc(C)c(F)c2)s1. The van der Waals surface area contributed by atoms with Crippen LogP contribution in [0.5, 0.6) is 0 Å². The maximum Gasteiger partial charge on any atom is 0.348 e. The van der Waals surface area contributed by atoms with E-state index in [1.807, 2.05) is 0 Å². The Morgan fingerprint density at radius 1 is 1.04 bits per heavy atom. The van der Waals surface area contributed by atoms with Crippen molar-refractivity contribution in [3.8, 4) is 0 Å². The Labute approximate surface area is 148 Å². The van der Waals surface area contributed by atoms with Crippen molar-refractivity contribution in [2.24, 2.45) is 0 Å². The van der Waals surface area contributed by atoms with Gasteiger partial charge in [-0.2, -0.15) is 0 Å². The summed E-state index contributed by atoms with van der Waals surface area (Å²) in [6, 6.07) is 7.27. The first-order valence-electron chi connectivity index (χ1n) is 7.43. The number of carbonyl (C=O) groups is 3. The second-order valence-electron chi connectivity index (χ2n) is 5.13. The standard InChI is InChI=1S/C17H17FN2O4S/c1-10-3-4-11(9-12(10)18)15(21)19-7-8-20-16(22)13-5-6-14(25-13)17(23)24-2/h3-6,9H,7-8H2,1-2H3,(H,19,21)(H,20,22). The molecule has 1 aromatic heterocycles. The van der Waals surface area contributed by atoms with Crippen LogP contribution in [0.15, 0.2) is 30.3 Å². The summed E-state index contributed by atoms with van der Waals surface area (Å²) in [5.41, 5.74) is 0.682. The molecule has 25 heavy (non-hydrogen) atoms. The lowest BCUT2D eigenvalue weighted by molar-refractivity contribution is 0.0606. The molecule has 0 spiro atoms. The number of ether oxygens (including phenoxy) is 1. The van der Waals surface area contributed by atoms with Crippen LogP contribution >= 0.6 is 11.3 Å². The number of esters is 1. The third-order valence-corrected chi connectivity index (χ3v) is 4.41. The van der Waals surface area contributed by atoms with E-state index in [0.717, 1.165) is 11.3 Å². The zero-order valence-electron chi connectivity index (χ0n) is 13.7. The first kappa shape index (κ1) is 18.6. The maximum absolute atomic E-state index is 13.4. The van der Waals surface area contributed by atoms with Crippen molar-refractivity contribution in [2.75, 3.05) is 20.2 Å². The van der Waals surface area contributed by atoms with Gasteiger partial charge in [-0.15, -0.1) is 11.3 Å². The van der Waals surface area contributed by atoms with Gasteiger partial charge in [-0.1, -0.05) is 6.07 Å². The van der Waals surface area contributed by atoms with Crippen molar-refractivity contribution in [3.63, 3.8) is 0 Å². The molecule has 1 aromatic carbocycles. The molecule has 2 rings (SSSR count). The molecule has 0 saturated heterocycles. The summed E-state index contributed by atoms with van der Waals surface area (Å²) in [6.07, 6.45) is 0. The topological polar surface area (TPSA) is 84.5 Å². The fourth-order valence-corrected chi connectivity index (χ4v) is 2.79. The number of amides is 2. The first-order valence-corrected chi connectivity index (χ1v) is 8.24. The van der Waals surface area contributed by atoms with E-state index in [1.54, 1.807) is 6.92 Å². The molecule has 2 amide bonds. The lowest BCUT2D eigenvalue weighted by atomic mass is 10.1. The van der Waals surface area contributed by atoms with E-state index in [-0.39, 0.29) is 24.6 Å². The molecule has 0 aliphatic heterocycles. The molecule has 0 fully saturated rings. The van der Waals surface area contributed by atoms with Gasteiger partial charge in [-0.25, -0.2) is 9.18 Å². The van der Waals surface area contributed by atoms with Gasteiger partial charge in [0.05, 0.1) is 12.0 Å². The second kappa shape index (κ2) is 8.39. The van der Waals surface area contributed by atoms with Gasteiger partial charge >= 0.3 is 5.97 Å². The number of hydrogen-bond donors (Lipinski definition) is 2. The van der Waals surface area contributed by atoms with Gasteiger partial charge in [-0.3, -0.25) is 9.59 Å². The largest absolute Gasteiger partial charge is 0.465 e. The number of aryl methyl sites for hydroxylation is 1. The highest BCUT2D eigenvalue weighted by Gasteiger charge is 2.14. The highest BCUT2D eigenvalue weighted by Crippen LogP contribution is 2.17. The van der Waals surface area contributed by atoms with Crippen LogP contribution in [0.3, 0.4) is 0 Å². The van der Waals surface area contributed by atoms with Crippen LogP contribution in [-0.2, 0) is 4.74 Å². The van der Waals surface area contributed by atoms with Crippen LogP contribution in [-0.4, -0.2) is 38.0 Å². The Hall–Kier alpha value is -2.74. The van der Waals surface area contributed by atoms with Gasteiger partial charge in [0.2, 0.25) is 0 Å². The third kappa shape index (κ3) is 4.87. The van der Waals surface area contributed by atoms with Crippen molar-refractivity contribution in [1.29, 1.82) is 0 Å². The summed E-state index contributed by atoms with van der Waals surface area (Å²) in [7, 11) is 1.27. The predicted molar refractivity (Wildman–Crippen MR) is 91.5 cm³/mol. The van der Waals surface area contributed by atoms with Crippen molar-refractivity contribution >= 4 is 29.1 Å². The number of methoxy groups -OCH3 is 1. The fourth-order valence-electron chi connectivity index (χ4n) is 1.95. The summed E-state index contributed by atoms with van der Waals surface area (Å²) in [4.78, 5) is 35.9. The average Bonchev–Trinajstić information content (AvgIpc) is 3.10. The Morgan fingerprint density at radius 3 is 2.32 bits per heavy atom. The molecule has 0 unspecified atom stereocenters. The number of benzene rings is 1. The number of hydrogen-bond acceptors (Lipinski definition) is 5. The average molecular weight is 364 g/mol. The molecule has 0 bridgehead atoms. The van der Waals surface area contributed by atoms with Gasteiger partial charge in [-0.05, 0) is 36.8 Å². The molecule has 0 radical (unpaired) electrons. The van der Waals surface area contributed by atoms with E-state index in [1.165, 1.54) is 37.4 Å². The van der Waals surface area contributed by atoms with Crippen molar-refractivity contribution in [3.05, 3.63) is 57.0 Å². The molecule has 1 heterocycles. The zero-order valence-corrected chi connectivity index (χ0v) is 14.5. The van der Waals surface area contributed by atoms with Crippen LogP contribution in [0.1, 0.15) is 35.3 Å². The molecule has 2 aromatic rings. The number of rotatable bonds is 6. The van der Waals surface area contributed by atoms with Crippen molar-refractivity contribution in [2.45, 2.75) is 6.92 Å². The fraction of sp³-hybridized carbons (Fsp3) is 0.235. The van der Waals surface area contributed by atoms with Crippen LogP contribution in [0.4, 0.5) is 4.39 Å². The van der Waals surface area contributed by atoms with Crippen LogP contribution in [0.25, 0.3) is 0 Å². The lowest BCUT2D eigenvalue weighted by Crippen LogP contribution is -2.34. The number of thiophene rings is 1. The van der Waals surface area contributed by atoms with Crippen molar-refractivity contribution < 1.29 is 23.5 Å². The maximum atomic E-state index is 13.4. The number of nitrogens with one attached hydrogen (secondary N) is 2. The highest BCUT2D eigenvalue weighted by molar-refractivity contribution is 7.15. The zero-order chi connectivity index (χ0) is 18.4. The first-order chi connectivity index (χ1) is 11.9. The molecule has 132 valence electrons. The monoisotopic (exact) mass is 364 g/mol. The highest BCUT2D eigenvalue weighted by atomic mass is 32.1. The Balaban J connectivity index is 1.79. The lowest BCUT2D eigenvalue weighted by Gasteiger charge is -2.07. The smallest absolute Gasteiger partial charge is 0.348 e. The molecule has 0 aliphatic rings. The molecule has 6 nitrogen and oxygen atoms in total. The van der Waals surface area contributed by atoms with E-state index in [4.69, 9.17) is 0 Å². The second-order valence-corrected chi connectivity index (χ2v) is 6.22. The van der Waals surface area contributed by atoms with Crippen LogP contribution in [0, 0.1) is 12.7 Å². The minimum atomic E-state index is -0.498. The summed E-state index contributed by atoms with van der Waals surface area (Å²) >= 11 is 1.02. The van der Waals surface area contributed by atoms with Gasteiger partial charge in [0.15, 0.2) is 0 Å². The van der Waals surface area contributed by atoms with Gasteiger partial charge < -0.3 is 15.4 Å². The molecule has 8 heteroatoms. The van der Waals surface area contributed by atoms with Gasteiger partial charge in [0.1, 0.15) is 10.7 Å². The summed E-state index contributed by atoms with van der Waals surface area (Å²) in [6.45, 7) is 2.00. The Morgan fingerprint density at radius 2 is 1.68 bits per heavy atom. The normalized spacial score (nSPS) is 10.2. The Kier molecular flexibility index (Phi) is 6.24. The third-order valence-electron chi connectivity index (χ3n) is 3.35. The van der Waals surface area contributed by atoms with Gasteiger partial charge in [0, 0.05) is 18.7 Å². The van der Waals surface area contributed by atoms with E-state index in [0.29, 0.717) is 15.3 Å². The number of carbonyl (C=O) groups excluding carboxylic acids is 3. The summed E-state index contributed by atoms with van der Waals surface area (Å²) in [5, 5.41) is 5.22. The van der Waals surface area contributed by atoms with Crippen LogP contribution < -0.4 is 10.6 Å². The minimum Gasteiger partial charge on any atom is -0.465 e. The van der Waals surface area contributed by atoms with E-state index >= 15 is 0 Å². The van der Waals surface area contributed by atoms with E-state index < -0.39 is 17.7 Å². The van der Waals surface area contributed by atoms with Crippen LogP contribution in [0.2, 0.25) is 0 Å². The molecular formula is C17H17FN2O4S. The molecule has 0 saturated carbocycles. The summed E-state index contributed by atoms with van der Waals surface area (Å²) < 4.78 is 18.0. The molecule has 0 aliphatic carbocycles. The molecule has 2 N–H and O–H groups in total. The predicted octanol–water partition coefficient (Wildman–Crippen LogP) is 2.14. The minimum absolute atomic E-state index is 0.190. The van der Waals surface area contributed by atoms with E-state index in [9.17, 15) is 18.8 Å². The Bertz CT molecular complexity index is 804. The van der Waals surface area contributed by atoms with Crippen molar-refractivity contribution in [1.82, 2.24) is 10.6 Å².